The van der Waals surface area contributed by atoms with Crippen LogP contribution in [0.1, 0.15) is 23.6 Å². The molecule has 0 heterocycles. The van der Waals surface area contributed by atoms with Crippen molar-refractivity contribution >= 4 is 17.5 Å². The highest BCUT2D eigenvalue weighted by molar-refractivity contribution is 5.95. The fourth-order valence-corrected chi connectivity index (χ4v) is 2.40. The van der Waals surface area contributed by atoms with Crippen LogP contribution in [0, 0.1) is 20.8 Å². The first-order valence-corrected chi connectivity index (χ1v) is 7.48. The minimum atomic E-state index is -0.163. The highest BCUT2D eigenvalue weighted by Crippen LogP contribution is 2.21. The van der Waals surface area contributed by atoms with E-state index in [0.29, 0.717) is 6.54 Å². The SMILES string of the molecule is CC(=O)N(CCN(C)C)CC(=O)Nc1c(C)cc(C)cc1C. The summed E-state index contributed by atoms with van der Waals surface area (Å²) in [6, 6.07) is 4.08. The Hall–Kier alpha value is -1.88. The van der Waals surface area contributed by atoms with E-state index in [2.05, 4.69) is 5.32 Å². The molecule has 1 rings (SSSR count). The summed E-state index contributed by atoms with van der Waals surface area (Å²) in [5.41, 5.74) is 4.08. The number of nitrogens with zero attached hydrogens (tertiary/aromatic N) is 2. The van der Waals surface area contributed by atoms with E-state index in [1.807, 2.05) is 51.9 Å². The third kappa shape index (κ3) is 5.48. The summed E-state index contributed by atoms with van der Waals surface area (Å²) < 4.78 is 0. The Bertz CT molecular complexity index is 530. The molecule has 22 heavy (non-hydrogen) atoms. The average molecular weight is 305 g/mol. The Balaban J connectivity index is 2.74. The molecule has 0 aliphatic heterocycles. The number of amides is 2. The van der Waals surface area contributed by atoms with Crippen molar-refractivity contribution in [3.8, 4) is 0 Å². The lowest BCUT2D eigenvalue weighted by Gasteiger charge is -2.23. The maximum Gasteiger partial charge on any atom is 0.244 e. The average Bonchev–Trinajstić information content (AvgIpc) is 2.38. The molecule has 0 aliphatic rings. The Morgan fingerprint density at radius 1 is 1.05 bits per heavy atom. The van der Waals surface area contributed by atoms with Crippen LogP contribution in [-0.2, 0) is 9.59 Å². The molecule has 122 valence electrons. The lowest BCUT2D eigenvalue weighted by atomic mass is 10.1. The van der Waals surface area contributed by atoms with Gasteiger partial charge < -0.3 is 15.1 Å². The third-order valence-corrected chi connectivity index (χ3v) is 3.54. The zero-order chi connectivity index (χ0) is 16.9. The van der Waals surface area contributed by atoms with Crippen LogP contribution in [0.15, 0.2) is 12.1 Å². The molecule has 0 atom stereocenters. The first kappa shape index (κ1) is 18.2. The molecule has 1 aromatic rings. The molecule has 0 spiro atoms. The van der Waals surface area contributed by atoms with Crippen molar-refractivity contribution in [2.45, 2.75) is 27.7 Å². The van der Waals surface area contributed by atoms with Crippen LogP contribution in [0.3, 0.4) is 0 Å². The second kappa shape index (κ2) is 7.94. The molecule has 0 unspecified atom stereocenters. The van der Waals surface area contributed by atoms with E-state index in [1.54, 1.807) is 4.90 Å². The molecule has 1 aromatic carbocycles. The minimum absolute atomic E-state index is 0.0793. The summed E-state index contributed by atoms with van der Waals surface area (Å²) in [4.78, 5) is 27.4. The van der Waals surface area contributed by atoms with Crippen molar-refractivity contribution in [3.63, 3.8) is 0 Å². The monoisotopic (exact) mass is 305 g/mol. The topological polar surface area (TPSA) is 52.7 Å². The van der Waals surface area contributed by atoms with Gasteiger partial charge in [0.1, 0.15) is 0 Å². The number of carbonyl (C=O) groups is 2. The molecule has 2 amide bonds. The van der Waals surface area contributed by atoms with E-state index in [1.165, 1.54) is 12.5 Å². The predicted molar refractivity (Wildman–Crippen MR) is 90.1 cm³/mol. The summed E-state index contributed by atoms with van der Waals surface area (Å²) in [6.07, 6.45) is 0. The molecule has 0 saturated carbocycles. The maximum atomic E-state index is 12.2. The molecular formula is C17H27N3O2. The number of aryl methyl sites for hydroxylation is 3. The van der Waals surface area contributed by atoms with Gasteiger partial charge in [0.15, 0.2) is 0 Å². The molecule has 0 aromatic heterocycles. The number of rotatable bonds is 6. The summed E-state index contributed by atoms with van der Waals surface area (Å²) >= 11 is 0. The molecular weight excluding hydrogens is 278 g/mol. The summed E-state index contributed by atoms with van der Waals surface area (Å²) in [6.45, 7) is 8.83. The molecule has 1 N–H and O–H groups in total. The molecule has 0 fully saturated rings. The van der Waals surface area contributed by atoms with Gasteiger partial charge in [0.05, 0.1) is 6.54 Å². The van der Waals surface area contributed by atoms with E-state index in [-0.39, 0.29) is 18.4 Å². The van der Waals surface area contributed by atoms with Gasteiger partial charge in [0.2, 0.25) is 11.8 Å². The normalized spacial score (nSPS) is 10.7. The molecule has 0 bridgehead atoms. The maximum absolute atomic E-state index is 12.2. The van der Waals surface area contributed by atoms with E-state index in [4.69, 9.17) is 0 Å². The number of anilines is 1. The summed E-state index contributed by atoms with van der Waals surface area (Å²) in [5, 5.41) is 2.93. The fourth-order valence-electron chi connectivity index (χ4n) is 2.40. The fraction of sp³-hybridized carbons (Fsp3) is 0.529. The van der Waals surface area contributed by atoms with Crippen LogP contribution in [0.4, 0.5) is 5.69 Å². The van der Waals surface area contributed by atoms with Gasteiger partial charge in [0, 0.05) is 25.7 Å². The number of carbonyl (C=O) groups excluding carboxylic acids is 2. The van der Waals surface area contributed by atoms with Crippen LogP contribution in [0.5, 0.6) is 0 Å². The lowest BCUT2D eigenvalue weighted by Crippen LogP contribution is -2.40. The minimum Gasteiger partial charge on any atom is -0.332 e. The van der Waals surface area contributed by atoms with Crippen molar-refractivity contribution in [3.05, 3.63) is 28.8 Å². The summed E-state index contributed by atoms with van der Waals surface area (Å²) in [7, 11) is 3.88. The van der Waals surface area contributed by atoms with Gasteiger partial charge in [-0.05, 0) is 46.0 Å². The van der Waals surface area contributed by atoms with E-state index >= 15 is 0 Å². The smallest absolute Gasteiger partial charge is 0.244 e. The Morgan fingerprint density at radius 3 is 2.05 bits per heavy atom. The largest absolute Gasteiger partial charge is 0.332 e. The van der Waals surface area contributed by atoms with Crippen LogP contribution >= 0.6 is 0 Å². The second-order valence-corrected chi connectivity index (χ2v) is 6.07. The van der Waals surface area contributed by atoms with Crippen molar-refractivity contribution < 1.29 is 9.59 Å². The van der Waals surface area contributed by atoms with Crippen molar-refractivity contribution in [2.75, 3.05) is 39.0 Å². The van der Waals surface area contributed by atoms with Crippen LogP contribution < -0.4 is 5.32 Å². The Labute approximate surface area is 133 Å². The standard InChI is InChI=1S/C17H27N3O2/c1-12-9-13(2)17(14(3)10-12)18-16(22)11-20(15(4)21)8-7-19(5)6/h9-10H,7-8,11H2,1-6H3,(H,18,22). The number of nitrogens with one attached hydrogen (secondary N) is 1. The van der Waals surface area contributed by atoms with Crippen LogP contribution in [-0.4, -0.2) is 55.3 Å². The molecule has 0 radical (unpaired) electrons. The number of hydrogen-bond donors (Lipinski definition) is 1. The Morgan fingerprint density at radius 2 is 1.59 bits per heavy atom. The van der Waals surface area contributed by atoms with Gasteiger partial charge in [-0.2, -0.15) is 0 Å². The van der Waals surface area contributed by atoms with Gasteiger partial charge in [-0.25, -0.2) is 0 Å². The zero-order valence-electron chi connectivity index (χ0n) is 14.5. The highest BCUT2D eigenvalue weighted by Gasteiger charge is 2.15. The molecule has 5 nitrogen and oxygen atoms in total. The van der Waals surface area contributed by atoms with E-state index in [9.17, 15) is 9.59 Å². The number of likely N-dealkylation sites (N-methyl/N-ethyl adjacent to an activating group) is 1. The third-order valence-electron chi connectivity index (χ3n) is 3.54. The first-order chi connectivity index (χ1) is 10.2. The van der Waals surface area contributed by atoms with Crippen LogP contribution in [0.2, 0.25) is 0 Å². The number of benzene rings is 1. The molecule has 5 heteroatoms. The van der Waals surface area contributed by atoms with Crippen LogP contribution in [0.25, 0.3) is 0 Å². The van der Waals surface area contributed by atoms with Gasteiger partial charge in [-0.3, -0.25) is 9.59 Å². The van der Waals surface area contributed by atoms with Gasteiger partial charge >= 0.3 is 0 Å². The second-order valence-electron chi connectivity index (χ2n) is 6.07. The first-order valence-electron chi connectivity index (χ1n) is 7.48. The van der Waals surface area contributed by atoms with E-state index < -0.39 is 0 Å². The molecule has 0 aliphatic carbocycles. The van der Waals surface area contributed by atoms with Crippen molar-refractivity contribution in [1.29, 1.82) is 0 Å². The van der Waals surface area contributed by atoms with Gasteiger partial charge in [-0.1, -0.05) is 17.7 Å². The van der Waals surface area contributed by atoms with Gasteiger partial charge in [0.25, 0.3) is 0 Å². The van der Waals surface area contributed by atoms with Crippen molar-refractivity contribution in [2.24, 2.45) is 0 Å². The number of hydrogen-bond acceptors (Lipinski definition) is 3. The quantitative estimate of drug-likeness (QED) is 0.874. The molecule has 0 saturated heterocycles. The lowest BCUT2D eigenvalue weighted by molar-refractivity contribution is -0.132. The van der Waals surface area contributed by atoms with Gasteiger partial charge in [-0.15, -0.1) is 0 Å². The Kier molecular flexibility index (Phi) is 6.56. The predicted octanol–water partition coefficient (Wildman–Crippen LogP) is 1.96. The highest BCUT2D eigenvalue weighted by atomic mass is 16.2. The van der Waals surface area contributed by atoms with E-state index in [0.717, 1.165) is 23.4 Å². The summed E-state index contributed by atoms with van der Waals surface area (Å²) in [5.74, 6) is -0.252. The van der Waals surface area contributed by atoms with Crippen molar-refractivity contribution in [1.82, 2.24) is 9.80 Å². The zero-order valence-corrected chi connectivity index (χ0v) is 14.5.